The average Bonchev–Trinajstić information content (AvgIpc) is 2.88. The van der Waals surface area contributed by atoms with Crippen LogP contribution in [-0.4, -0.2) is 34.7 Å². The number of anilines is 1. The van der Waals surface area contributed by atoms with Crippen molar-refractivity contribution in [2.75, 3.05) is 18.9 Å². The minimum Gasteiger partial charge on any atom is -0.319 e. The maximum absolute atomic E-state index is 11.8. The highest BCUT2D eigenvalue weighted by Crippen LogP contribution is 2.24. The van der Waals surface area contributed by atoms with Crippen molar-refractivity contribution >= 4 is 22.4 Å². The highest BCUT2D eigenvalue weighted by molar-refractivity contribution is 7.18. The Labute approximate surface area is 115 Å². The standard InChI is InChI=1S/C12H15N5OS/c1-8(7-13-2)10(18)15-12-17-16-11(19-12)9-5-3-4-6-14-9/h3-6,8,13H,7H2,1-2H3,(H,15,17,18). The summed E-state index contributed by atoms with van der Waals surface area (Å²) in [6, 6.07) is 5.58. The first-order valence-electron chi connectivity index (χ1n) is 5.91. The second-order valence-electron chi connectivity index (χ2n) is 4.08. The van der Waals surface area contributed by atoms with Crippen molar-refractivity contribution in [2.24, 2.45) is 5.92 Å². The van der Waals surface area contributed by atoms with Crippen molar-refractivity contribution in [1.82, 2.24) is 20.5 Å². The molecule has 0 saturated heterocycles. The van der Waals surface area contributed by atoms with Gasteiger partial charge in [-0.2, -0.15) is 0 Å². The molecule has 1 amide bonds. The zero-order valence-electron chi connectivity index (χ0n) is 10.8. The zero-order valence-corrected chi connectivity index (χ0v) is 11.6. The van der Waals surface area contributed by atoms with E-state index in [4.69, 9.17) is 0 Å². The second-order valence-corrected chi connectivity index (χ2v) is 5.05. The molecule has 1 atom stereocenters. The maximum atomic E-state index is 11.8. The first-order chi connectivity index (χ1) is 9.20. The topological polar surface area (TPSA) is 79.8 Å². The van der Waals surface area contributed by atoms with Gasteiger partial charge in [-0.1, -0.05) is 24.3 Å². The molecule has 0 spiro atoms. The summed E-state index contributed by atoms with van der Waals surface area (Å²) in [5.74, 6) is -0.190. The Bertz CT molecular complexity index is 542. The number of hydrogen-bond donors (Lipinski definition) is 2. The van der Waals surface area contributed by atoms with Gasteiger partial charge in [0, 0.05) is 18.7 Å². The van der Waals surface area contributed by atoms with Gasteiger partial charge in [0.2, 0.25) is 11.0 Å². The molecule has 6 nitrogen and oxygen atoms in total. The molecule has 2 aromatic heterocycles. The summed E-state index contributed by atoms with van der Waals surface area (Å²) in [4.78, 5) is 16.0. The lowest BCUT2D eigenvalue weighted by Gasteiger charge is -2.08. The highest BCUT2D eigenvalue weighted by atomic mass is 32.1. The van der Waals surface area contributed by atoms with Crippen LogP contribution < -0.4 is 10.6 Å². The van der Waals surface area contributed by atoms with Crippen molar-refractivity contribution in [1.29, 1.82) is 0 Å². The number of nitrogens with one attached hydrogen (secondary N) is 2. The molecule has 100 valence electrons. The first-order valence-corrected chi connectivity index (χ1v) is 6.72. The van der Waals surface area contributed by atoms with E-state index >= 15 is 0 Å². The van der Waals surface area contributed by atoms with Crippen LogP contribution in [0.3, 0.4) is 0 Å². The molecule has 0 aliphatic rings. The molecule has 2 heterocycles. The van der Waals surface area contributed by atoms with Crippen LogP contribution in [0.25, 0.3) is 10.7 Å². The van der Waals surface area contributed by atoms with E-state index in [2.05, 4.69) is 25.8 Å². The lowest BCUT2D eigenvalue weighted by Crippen LogP contribution is -2.28. The number of carbonyl (C=O) groups is 1. The molecule has 2 rings (SSSR count). The van der Waals surface area contributed by atoms with E-state index in [0.717, 1.165) is 5.69 Å². The van der Waals surface area contributed by atoms with Gasteiger partial charge in [0.1, 0.15) is 5.69 Å². The van der Waals surface area contributed by atoms with Crippen LogP contribution in [0.1, 0.15) is 6.92 Å². The van der Waals surface area contributed by atoms with Gasteiger partial charge >= 0.3 is 0 Å². The summed E-state index contributed by atoms with van der Waals surface area (Å²) in [6.07, 6.45) is 1.70. The first kappa shape index (κ1) is 13.6. The Hall–Kier alpha value is -1.86. The van der Waals surface area contributed by atoms with Gasteiger partial charge < -0.3 is 10.6 Å². The van der Waals surface area contributed by atoms with Crippen LogP contribution in [0, 0.1) is 5.92 Å². The van der Waals surface area contributed by atoms with E-state index in [1.807, 2.05) is 32.2 Å². The summed E-state index contributed by atoms with van der Waals surface area (Å²) in [5, 5.41) is 14.9. The second kappa shape index (κ2) is 6.35. The molecule has 0 saturated carbocycles. The summed E-state index contributed by atoms with van der Waals surface area (Å²) < 4.78 is 0. The molecule has 0 aromatic carbocycles. The van der Waals surface area contributed by atoms with Gasteiger partial charge in [0.05, 0.1) is 0 Å². The third-order valence-electron chi connectivity index (χ3n) is 2.50. The van der Waals surface area contributed by atoms with Gasteiger partial charge in [-0.15, -0.1) is 10.2 Å². The van der Waals surface area contributed by atoms with Crippen LogP contribution in [0.2, 0.25) is 0 Å². The summed E-state index contributed by atoms with van der Waals surface area (Å²) in [7, 11) is 1.81. The molecule has 0 radical (unpaired) electrons. The Balaban J connectivity index is 2.04. The number of amides is 1. The van der Waals surface area contributed by atoms with Gasteiger partial charge in [-0.25, -0.2) is 0 Å². The van der Waals surface area contributed by atoms with Crippen molar-refractivity contribution in [3.05, 3.63) is 24.4 Å². The number of carbonyl (C=O) groups excluding carboxylic acids is 1. The molecule has 0 bridgehead atoms. The Morgan fingerprint density at radius 1 is 1.42 bits per heavy atom. The number of aromatic nitrogens is 3. The fourth-order valence-electron chi connectivity index (χ4n) is 1.49. The minimum absolute atomic E-state index is 0.0712. The van der Waals surface area contributed by atoms with Crippen LogP contribution in [0.4, 0.5) is 5.13 Å². The number of nitrogens with zero attached hydrogens (tertiary/aromatic N) is 3. The van der Waals surface area contributed by atoms with Crippen molar-refractivity contribution in [3.63, 3.8) is 0 Å². The van der Waals surface area contributed by atoms with E-state index in [1.165, 1.54) is 11.3 Å². The van der Waals surface area contributed by atoms with E-state index in [0.29, 0.717) is 16.7 Å². The third-order valence-corrected chi connectivity index (χ3v) is 3.36. The normalized spacial score (nSPS) is 12.1. The van der Waals surface area contributed by atoms with Crippen LogP contribution in [-0.2, 0) is 4.79 Å². The van der Waals surface area contributed by atoms with Crippen molar-refractivity contribution < 1.29 is 4.79 Å². The van der Waals surface area contributed by atoms with Crippen LogP contribution in [0.15, 0.2) is 24.4 Å². The van der Waals surface area contributed by atoms with E-state index in [1.54, 1.807) is 6.20 Å². The van der Waals surface area contributed by atoms with Gasteiger partial charge in [0.25, 0.3) is 0 Å². The molecular formula is C12H15N5OS. The number of rotatable bonds is 5. The smallest absolute Gasteiger partial charge is 0.230 e. The number of hydrogen-bond acceptors (Lipinski definition) is 6. The van der Waals surface area contributed by atoms with E-state index < -0.39 is 0 Å². The van der Waals surface area contributed by atoms with E-state index in [9.17, 15) is 4.79 Å². The molecule has 0 aliphatic carbocycles. The summed E-state index contributed by atoms with van der Waals surface area (Å²) in [5.41, 5.74) is 0.753. The zero-order chi connectivity index (χ0) is 13.7. The lowest BCUT2D eigenvalue weighted by molar-refractivity contribution is -0.119. The molecule has 0 aliphatic heterocycles. The quantitative estimate of drug-likeness (QED) is 0.863. The number of pyridine rings is 1. The molecule has 0 fully saturated rings. The summed E-state index contributed by atoms with van der Waals surface area (Å²) in [6.45, 7) is 2.48. The lowest BCUT2D eigenvalue weighted by atomic mass is 10.2. The predicted molar refractivity (Wildman–Crippen MR) is 74.9 cm³/mol. The minimum atomic E-state index is -0.118. The molecule has 7 heteroatoms. The third kappa shape index (κ3) is 3.55. The van der Waals surface area contributed by atoms with Crippen LogP contribution in [0.5, 0.6) is 0 Å². The fourth-order valence-corrected chi connectivity index (χ4v) is 2.22. The Morgan fingerprint density at radius 3 is 2.95 bits per heavy atom. The molecule has 19 heavy (non-hydrogen) atoms. The fraction of sp³-hybridized carbons (Fsp3) is 0.333. The molecule has 1 unspecified atom stereocenters. The Morgan fingerprint density at radius 2 is 2.26 bits per heavy atom. The predicted octanol–water partition coefficient (Wildman–Crippen LogP) is 1.39. The van der Waals surface area contributed by atoms with Gasteiger partial charge in [-0.3, -0.25) is 9.78 Å². The summed E-state index contributed by atoms with van der Waals surface area (Å²) >= 11 is 1.31. The molecule has 2 aromatic rings. The maximum Gasteiger partial charge on any atom is 0.230 e. The Kier molecular flexibility index (Phi) is 4.53. The molecular weight excluding hydrogens is 262 g/mol. The van der Waals surface area contributed by atoms with Gasteiger partial charge in [0.15, 0.2) is 5.01 Å². The molecule has 2 N–H and O–H groups in total. The van der Waals surface area contributed by atoms with Gasteiger partial charge in [-0.05, 0) is 19.2 Å². The van der Waals surface area contributed by atoms with Crippen molar-refractivity contribution in [2.45, 2.75) is 6.92 Å². The monoisotopic (exact) mass is 277 g/mol. The SMILES string of the molecule is CNCC(C)C(=O)Nc1nnc(-c2ccccn2)s1. The average molecular weight is 277 g/mol. The van der Waals surface area contributed by atoms with Crippen LogP contribution >= 0.6 is 11.3 Å². The van der Waals surface area contributed by atoms with E-state index in [-0.39, 0.29) is 11.8 Å². The van der Waals surface area contributed by atoms with Crippen molar-refractivity contribution in [3.8, 4) is 10.7 Å². The largest absolute Gasteiger partial charge is 0.319 e. The highest BCUT2D eigenvalue weighted by Gasteiger charge is 2.15.